The lowest BCUT2D eigenvalue weighted by molar-refractivity contribution is -0.104. The Labute approximate surface area is 121 Å². The maximum absolute atomic E-state index is 13.6. The zero-order chi connectivity index (χ0) is 15.3. The Hall–Kier alpha value is -1.70. The highest BCUT2D eigenvalue weighted by Crippen LogP contribution is 2.34. The zero-order valence-corrected chi connectivity index (χ0v) is 13.0. The Morgan fingerprint density at radius 1 is 1.30 bits per heavy atom. The van der Waals surface area contributed by atoms with Crippen molar-refractivity contribution in [2.24, 2.45) is 0 Å². The van der Waals surface area contributed by atoms with Gasteiger partial charge in [-0.05, 0) is 62.9 Å². The van der Waals surface area contributed by atoms with E-state index in [0.717, 1.165) is 23.8 Å². The number of hydrogen-bond donors (Lipinski definition) is 0. The molecular formula is C18H23FO. The van der Waals surface area contributed by atoms with Gasteiger partial charge in [0.25, 0.3) is 0 Å². The predicted molar refractivity (Wildman–Crippen MR) is 82.4 cm³/mol. The van der Waals surface area contributed by atoms with E-state index < -0.39 is 0 Å². The van der Waals surface area contributed by atoms with Crippen LogP contribution in [-0.2, 0) is 10.2 Å². The number of carbonyl (C=O) groups excluding carboxylic acids is 1. The van der Waals surface area contributed by atoms with Crippen molar-refractivity contribution in [2.75, 3.05) is 0 Å². The summed E-state index contributed by atoms with van der Waals surface area (Å²) >= 11 is 0. The molecule has 1 unspecified atom stereocenters. The lowest BCUT2D eigenvalue weighted by Gasteiger charge is -2.28. The molecule has 0 heterocycles. The van der Waals surface area contributed by atoms with Crippen molar-refractivity contribution < 1.29 is 9.18 Å². The number of rotatable bonds is 5. The summed E-state index contributed by atoms with van der Waals surface area (Å²) < 4.78 is 13.6. The molecule has 0 aliphatic rings. The van der Waals surface area contributed by atoms with Gasteiger partial charge in [-0.2, -0.15) is 0 Å². The fraction of sp³-hybridized carbons (Fsp3) is 0.389. The van der Waals surface area contributed by atoms with Gasteiger partial charge in [-0.15, -0.1) is 0 Å². The first-order valence-corrected chi connectivity index (χ1v) is 6.83. The van der Waals surface area contributed by atoms with Crippen LogP contribution in [0.1, 0.15) is 45.2 Å². The Bertz CT molecular complexity index is 551. The van der Waals surface area contributed by atoms with E-state index in [4.69, 9.17) is 0 Å². The van der Waals surface area contributed by atoms with Crippen molar-refractivity contribution in [2.45, 2.75) is 46.5 Å². The number of hydrogen-bond acceptors (Lipinski definition) is 1. The van der Waals surface area contributed by atoms with Crippen molar-refractivity contribution >= 4 is 6.29 Å². The van der Waals surface area contributed by atoms with Gasteiger partial charge in [-0.3, -0.25) is 4.79 Å². The van der Waals surface area contributed by atoms with Crippen LogP contribution < -0.4 is 0 Å². The van der Waals surface area contributed by atoms with Gasteiger partial charge >= 0.3 is 0 Å². The molecule has 0 amide bonds. The number of carbonyl (C=O) groups is 1. The maximum atomic E-state index is 13.6. The Morgan fingerprint density at radius 2 is 1.95 bits per heavy atom. The summed E-state index contributed by atoms with van der Waals surface area (Å²) in [5.74, 6) is -0.244. The average molecular weight is 274 g/mol. The van der Waals surface area contributed by atoms with E-state index in [-0.39, 0.29) is 11.2 Å². The second-order valence-electron chi connectivity index (χ2n) is 5.87. The molecule has 0 radical (unpaired) electrons. The number of allylic oxidation sites excluding steroid dienone is 4. The molecule has 1 aromatic carbocycles. The summed E-state index contributed by atoms with van der Waals surface area (Å²) in [5, 5.41) is 0. The summed E-state index contributed by atoms with van der Waals surface area (Å²) in [5.41, 5.74) is 3.46. The number of benzene rings is 1. The minimum absolute atomic E-state index is 0.244. The van der Waals surface area contributed by atoms with Gasteiger partial charge in [-0.1, -0.05) is 30.7 Å². The summed E-state index contributed by atoms with van der Waals surface area (Å²) in [6.45, 7) is 9.87. The summed E-state index contributed by atoms with van der Waals surface area (Å²) in [6, 6.07) is 4.83. The maximum Gasteiger partial charge on any atom is 0.145 e. The highest BCUT2D eigenvalue weighted by molar-refractivity contribution is 5.72. The van der Waals surface area contributed by atoms with Crippen LogP contribution in [0.4, 0.5) is 4.39 Å². The Morgan fingerprint density at radius 3 is 2.50 bits per heavy atom. The molecule has 1 nitrogen and oxygen atoms in total. The van der Waals surface area contributed by atoms with E-state index in [2.05, 4.69) is 6.08 Å². The van der Waals surface area contributed by atoms with Crippen LogP contribution in [0.5, 0.6) is 0 Å². The normalized spacial score (nSPS) is 14.6. The number of halogens is 1. The summed E-state index contributed by atoms with van der Waals surface area (Å²) in [4.78, 5) is 10.9. The highest BCUT2D eigenvalue weighted by atomic mass is 19.1. The van der Waals surface area contributed by atoms with E-state index in [0.29, 0.717) is 5.57 Å². The zero-order valence-electron chi connectivity index (χ0n) is 13.0. The van der Waals surface area contributed by atoms with E-state index in [1.165, 1.54) is 11.6 Å². The summed E-state index contributed by atoms with van der Waals surface area (Å²) in [6.07, 6.45) is 5.64. The molecule has 0 saturated heterocycles. The molecule has 0 N–H and O–H groups in total. The number of aldehydes is 1. The molecule has 108 valence electrons. The van der Waals surface area contributed by atoms with Gasteiger partial charge in [-0.25, -0.2) is 4.39 Å². The second-order valence-corrected chi connectivity index (χ2v) is 5.87. The topological polar surface area (TPSA) is 17.1 Å². The van der Waals surface area contributed by atoms with Crippen molar-refractivity contribution in [3.8, 4) is 0 Å². The van der Waals surface area contributed by atoms with Crippen molar-refractivity contribution in [1.29, 1.82) is 0 Å². The molecule has 0 fully saturated rings. The first-order chi connectivity index (χ1) is 9.28. The molecule has 0 saturated carbocycles. The molecule has 0 aromatic heterocycles. The quantitative estimate of drug-likeness (QED) is 0.424. The largest absolute Gasteiger partial charge is 0.298 e. The van der Waals surface area contributed by atoms with E-state index in [1.807, 2.05) is 33.8 Å². The van der Waals surface area contributed by atoms with Crippen LogP contribution in [0, 0.1) is 12.7 Å². The van der Waals surface area contributed by atoms with Crippen LogP contribution in [0.25, 0.3) is 0 Å². The van der Waals surface area contributed by atoms with Crippen molar-refractivity contribution in [3.63, 3.8) is 0 Å². The van der Waals surface area contributed by atoms with Crippen LogP contribution in [0.2, 0.25) is 0 Å². The van der Waals surface area contributed by atoms with Crippen LogP contribution in [0.15, 0.2) is 41.5 Å². The molecule has 1 aromatic rings. The molecule has 20 heavy (non-hydrogen) atoms. The Kier molecular flexibility index (Phi) is 5.43. The van der Waals surface area contributed by atoms with Gasteiger partial charge in [0.05, 0.1) is 0 Å². The third-order valence-corrected chi connectivity index (χ3v) is 3.48. The second kappa shape index (κ2) is 6.65. The lowest BCUT2D eigenvalue weighted by Crippen LogP contribution is -2.21. The smallest absolute Gasteiger partial charge is 0.145 e. The van der Waals surface area contributed by atoms with Crippen LogP contribution in [-0.4, -0.2) is 6.29 Å². The van der Waals surface area contributed by atoms with Crippen LogP contribution >= 0.6 is 0 Å². The Balaban J connectivity index is 3.39. The van der Waals surface area contributed by atoms with E-state index in [1.54, 1.807) is 19.1 Å². The number of aryl methyl sites for hydroxylation is 1. The van der Waals surface area contributed by atoms with Crippen molar-refractivity contribution in [3.05, 3.63) is 58.4 Å². The first kappa shape index (κ1) is 16.4. The molecule has 0 aliphatic heterocycles. The standard InChI is InChI=1S/C18H23FO/c1-13(2)8-9-18(5,11-14(3)12-20)17-10-16(19)7-6-15(17)4/h6-8,10-12H,9H2,1-5H3/b14-11+. The molecule has 0 spiro atoms. The molecule has 1 atom stereocenters. The third-order valence-electron chi connectivity index (χ3n) is 3.48. The monoisotopic (exact) mass is 274 g/mol. The first-order valence-electron chi connectivity index (χ1n) is 6.83. The SMILES string of the molecule is CC(C)=CCC(C)(/C=C(\C)C=O)c1cc(F)ccc1C. The van der Waals surface area contributed by atoms with Gasteiger partial charge < -0.3 is 0 Å². The highest BCUT2D eigenvalue weighted by Gasteiger charge is 2.25. The fourth-order valence-corrected chi connectivity index (χ4v) is 2.41. The molecule has 0 aliphatic carbocycles. The molecule has 0 bridgehead atoms. The van der Waals surface area contributed by atoms with Crippen LogP contribution in [0.3, 0.4) is 0 Å². The van der Waals surface area contributed by atoms with Gasteiger partial charge in [0.1, 0.15) is 12.1 Å². The lowest BCUT2D eigenvalue weighted by atomic mass is 9.76. The molecule has 2 heteroatoms. The fourth-order valence-electron chi connectivity index (χ4n) is 2.41. The third kappa shape index (κ3) is 4.16. The van der Waals surface area contributed by atoms with E-state index in [9.17, 15) is 9.18 Å². The summed E-state index contributed by atoms with van der Waals surface area (Å²) in [7, 11) is 0. The average Bonchev–Trinajstić information content (AvgIpc) is 2.39. The van der Waals surface area contributed by atoms with Gasteiger partial charge in [0.2, 0.25) is 0 Å². The minimum atomic E-state index is -0.381. The molecular weight excluding hydrogens is 251 g/mol. The van der Waals surface area contributed by atoms with Crippen molar-refractivity contribution in [1.82, 2.24) is 0 Å². The van der Waals surface area contributed by atoms with Gasteiger partial charge in [0.15, 0.2) is 0 Å². The molecule has 1 rings (SSSR count). The predicted octanol–water partition coefficient (Wildman–Crippen LogP) is 4.89. The van der Waals surface area contributed by atoms with Gasteiger partial charge in [0, 0.05) is 5.41 Å². The van der Waals surface area contributed by atoms with E-state index >= 15 is 0 Å². The minimum Gasteiger partial charge on any atom is -0.298 e.